The van der Waals surface area contributed by atoms with Gasteiger partial charge in [-0.2, -0.15) is 0 Å². The van der Waals surface area contributed by atoms with Crippen molar-refractivity contribution in [1.82, 2.24) is 4.90 Å². The molecule has 0 spiro atoms. The van der Waals surface area contributed by atoms with E-state index in [-0.39, 0.29) is 5.91 Å². The number of hydrogen-bond acceptors (Lipinski definition) is 3. The minimum atomic E-state index is -0.0984. The summed E-state index contributed by atoms with van der Waals surface area (Å²) in [5.41, 5.74) is 1.48. The van der Waals surface area contributed by atoms with E-state index in [1.165, 1.54) is 0 Å². The average molecular weight is 411 g/mol. The zero-order chi connectivity index (χ0) is 17.1. The number of fused-ring (bicyclic) bond motifs is 1. The van der Waals surface area contributed by atoms with Crippen molar-refractivity contribution >= 4 is 33.4 Å². The first-order valence-corrected chi connectivity index (χ1v) is 8.88. The Morgan fingerprint density at radius 3 is 2.67 bits per heavy atom. The lowest BCUT2D eigenvalue weighted by molar-refractivity contribution is 0.0752. The number of carbonyl (C=O) groups is 1. The van der Waals surface area contributed by atoms with Crippen molar-refractivity contribution in [3.63, 3.8) is 0 Å². The number of carbonyl (C=O) groups excluding carboxylic acids is 1. The summed E-state index contributed by atoms with van der Waals surface area (Å²) in [4.78, 5) is 14.6. The van der Waals surface area contributed by atoms with Crippen LogP contribution in [0.15, 0.2) is 40.9 Å². The summed E-state index contributed by atoms with van der Waals surface area (Å²) in [6, 6.07) is 11.0. The average Bonchev–Trinajstić information content (AvgIpc) is 2.61. The van der Waals surface area contributed by atoms with Gasteiger partial charge in [0.05, 0.1) is 10.6 Å². The van der Waals surface area contributed by atoms with Gasteiger partial charge in [0.2, 0.25) is 0 Å². The maximum atomic E-state index is 12.8. The molecular formula is C18H17BrClNO3. The van der Waals surface area contributed by atoms with Crippen LogP contribution in [0.3, 0.4) is 0 Å². The van der Waals surface area contributed by atoms with Crippen molar-refractivity contribution in [2.75, 3.05) is 19.8 Å². The van der Waals surface area contributed by atoms with Crippen LogP contribution in [0.4, 0.5) is 0 Å². The molecule has 0 aromatic heterocycles. The van der Waals surface area contributed by atoms with Crippen LogP contribution in [0.1, 0.15) is 22.8 Å². The fourth-order valence-electron chi connectivity index (χ4n) is 2.57. The molecule has 2 aromatic carbocycles. The summed E-state index contributed by atoms with van der Waals surface area (Å²) < 4.78 is 12.0. The third-order valence-electron chi connectivity index (χ3n) is 3.81. The second-order valence-corrected chi connectivity index (χ2v) is 6.74. The standard InChI is InChI=1S/C18H17BrClNO3/c1-2-21(18(22)14-10-13(19)4-5-15(14)20)11-12-3-6-16-17(9-12)24-8-7-23-16/h3-6,9-10H,2,7-8,11H2,1H3. The van der Waals surface area contributed by atoms with Gasteiger partial charge in [0.15, 0.2) is 11.5 Å². The van der Waals surface area contributed by atoms with Crippen molar-refractivity contribution in [3.8, 4) is 11.5 Å². The monoisotopic (exact) mass is 409 g/mol. The lowest BCUT2D eigenvalue weighted by atomic mass is 10.1. The first-order valence-electron chi connectivity index (χ1n) is 7.71. The van der Waals surface area contributed by atoms with E-state index in [1.54, 1.807) is 17.0 Å². The molecule has 0 bridgehead atoms. The number of benzene rings is 2. The van der Waals surface area contributed by atoms with Gasteiger partial charge in [0.25, 0.3) is 5.91 Å². The van der Waals surface area contributed by atoms with Crippen LogP contribution in [-0.2, 0) is 6.54 Å². The molecule has 1 amide bonds. The third-order valence-corrected chi connectivity index (χ3v) is 4.63. The minimum Gasteiger partial charge on any atom is -0.486 e. The van der Waals surface area contributed by atoms with Crippen LogP contribution in [0, 0.1) is 0 Å². The summed E-state index contributed by atoms with van der Waals surface area (Å²) >= 11 is 9.57. The van der Waals surface area contributed by atoms with Gasteiger partial charge in [-0.1, -0.05) is 33.6 Å². The van der Waals surface area contributed by atoms with E-state index in [1.807, 2.05) is 31.2 Å². The highest BCUT2D eigenvalue weighted by molar-refractivity contribution is 9.10. The number of nitrogens with zero attached hydrogens (tertiary/aromatic N) is 1. The Kier molecular flexibility index (Phi) is 5.31. The smallest absolute Gasteiger partial charge is 0.255 e. The molecule has 0 N–H and O–H groups in total. The number of amides is 1. The van der Waals surface area contributed by atoms with Crippen molar-refractivity contribution in [1.29, 1.82) is 0 Å². The van der Waals surface area contributed by atoms with Gasteiger partial charge in [-0.05, 0) is 42.8 Å². The molecule has 0 saturated heterocycles. The third kappa shape index (κ3) is 3.68. The lowest BCUT2D eigenvalue weighted by Crippen LogP contribution is -2.30. The van der Waals surface area contributed by atoms with Gasteiger partial charge in [-0.25, -0.2) is 0 Å². The molecule has 0 fully saturated rings. The van der Waals surface area contributed by atoms with Gasteiger partial charge in [0.1, 0.15) is 13.2 Å². The maximum absolute atomic E-state index is 12.8. The fourth-order valence-corrected chi connectivity index (χ4v) is 3.12. The molecule has 3 rings (SSSR count). The van der Waals surface area contributed by atoms with Gasteiger partial charge in [-0.3, -0.25) is 4.79 Å². The molecule has 2 aromatic rings. The Balaban J connectivity index is 1.81. The summed E-state index contributed by atoms with van der Waals surface area (Å²) in [7, 11) is 0. The first-order chi connectivity index (χ1) is 11.6. The maximum Gasteiger partial charge on any atom is 0.255 e. The molecule has 1 aliphatic heterocycles. The molecule has 4 nitrogen and oxygen atoms in total. The van der Waals surface area contributed by atoms with Gasteiger partial charge >= 0.3 is 0 Å². The largest absolute Gasteiger partial charge is 0.486 e. The van der Waals surface area contributed by atoms with E-state index in [9.17, 15) is 4.79 Å². The van der Waals surface area contributed by atoms with Crippen LogP contribution in [-0.4, -0.2) is 30.6 Å². The molecule has 6 heteroatoms. The van der Waals surface area contributed by atoms with E-state index in [0.717, 1.165) is 21.5 Å². The molecule has 0 aliphatic carbocycles. The molecule has 0 atom stereocenters. The van der Waals surface area contributed by atoms with Crippen molar-refractivity contribution in [2.24, 2.45) is 0 Å². The van der Waals surface area contributed by atoms with Crippen molar-refractivity contribution in [3.05, 3.63) is 57.0 Å². The quantitative estimate of drug-likeness (QED) is 0.743. The number of hydrogen-bond donors (Lipinski definition) is 0. The Morgan fingerprint density at radius 1 is 1.17 bits per heavy atom. The molecule has 0 saturated carbocycles. The number of halogens is 2. The predicted octanol–water partition coefficient (Wildman–Crippen LogP) is 4.54. The number of rotatable bonds is 4. The molecule has 0 unspecified atom stereocenters. The molecule has 24 heavy (non-hydrogen) atoms. The van der Waals surface area contributed by atoms with Crippen LogP contribution < -0.4 is 9.47 Å². The fraction of sp³-hybridized carbons (Fsp3) is 0.278. The highest BCUT2D eigenvalue weighted by atomic mass is 79.9. The lowest BCUT2D eigenvalue weighted by Gasteiger charge is -2.23. The number of ether oxygens (including phenoxy) is 2. The van der Waals surface area contributed by atoms with Crippen LogP contribution in [0.25, 0.3) is 0 Å². The van der Waals surface area contributed by atoms with E-state index >= 15 is 0 Å². The Morgan fingerprint density at radius 2 is 1.92 bits per heavy atom. The summed E-state index contributed by atoms with van der Waals surface area (Å²) in [6.45, 7) is 4.11. The molecular weight excluding hydrogens is 394 g/mol. The van der Waals surface area contributed by atoms with E-state index in [4.69, 9.17) is 21.1 Å². The second kappa shape index (κ2) is 7.45. The SMILES string of the molecule is CCN(Cc1ccc2c(c1)OCCO2)C(=O)c1cc(Br)ccc1Cl. The highest BCUT2D eigenvalue weighted by Crippen LogP contribution is 2.31. The molecule has 126 valence electrons. The van der Waals surface area contributed by atoms with E-state index in [0.29, 0.717) is 36.9 Å². The van der Waals surface area contributed by atoms with Gasteiger partial charge in [-0.15, -0.1) is 0 Å². The van der Waals surface area contributed by atoms with Crippen molar-refractivity contribution in [2.45, 2.75) is 13.5 Å². The van der Waals surface area contributed by atoms with Gasteiger partial charge < -0.3 is 14.4 Å². The van der Waals surface area contributed by atoms with Crippen LogP contribution >= 0.6 is 27.5 Å². The minimum absolute atomic E-state index is 0.0984. The van der Waals surface area contributed by atoms with E-state index < -0.39 is 0 Å². The normalized spacial score (nSPS) is 12.8. The first kappa shape index (κ1) is 17.1. The summed E-state index contributed by atoms with van der Waals surface area (Å²) in [6.07, 6.45) is 0. The highest BCUT2D eigenvalue weighted by Gasteiger charge is 2.19. The zero-order valence-electron chi connectivity index (χ0n) is 13.2. The predicted molar refractivity (Wildman–Crippen MR) is 97.0 cm³/mol. The summed E-state index contributed by atoms with van der Waals surface area (Å²) in [5, 5.41) is 0.448. The molecule has 1 aliphatic rings. The van der Waals surface area contributed by atoms with E-state index in [2.05, 4.69) is 15.9 Å². The topological polar surface area (TPSA) is 38.8 Å². The Labute approximate surface area is 154 Å². The molecule has 1 heterocycles. The van der Waals surface area contributed by atoms with Crippen molar-refractivity contribution < 1.29 is 14.3 Å². The van der Waals surface area contributed by atoms with Gasteiger partial charge in [0, 0.05) is 17.6 Å². The molecule has 0 radical (unpaired) electrons. The Bertz CT molecular complexity index is 766. The van der Waals surface area contributed by atoms with Crippen LogP contribution in [0.5, 0.6) is 11.5 Å². The zero-order valence-corrected chi connectivity index (χ0v) is 15.6. The Hall–Kier alpha value is -1.72. The summed E-state index contributed by atoms with van der Waals surface area (Å²) in [5.74, 6) is 1.37. The second-order valence-electron chi connectivity index (χ2n) is 5.42. The van der Waals surface area contributed by atoms with Crippen LogP contribution in [0.2, 0.25) is 5.02 Å².